The molecular weight excluding hydrogens is 523 g/mol. The number of benzene rings is 1. The van der Waals surface area contributed by atoms with E-state index in [2.05, 4.69) is 25.2 Å². The molecule has 4 rings (SSSR count). The van der Waals surface area contributed by atoms with Crippen LogP contribution in [0.15, 0.2) is 42.5 Å². The van der Waals surface area contributed by atoms with Crippen LogP contribution in [0.3, 0.4) is 0 Å². The van der Waals surface area contributed by atoms with Crippen molar-refractivity contribution in [2.24, 2.45) is 0 Å². The number of halogens is 3. The maximum atomic E-state index is 12.8. The number of nitrogens with one attached hydrogen (secondary N) is 3. The fourth-order valence-electron chi connectivity index (χ4n) is 4.94. The average Bonchev–Trinajstić information content (AvgIpc) is 2.83. The first-order valence-electron chi connectivity index (χ1n) is 12.3. The van der Waals surface area contributed by atoms with E-state index in [0.29, 0.717) is 24.9 Å². The predicted octanol–water partition coefficient (Wildman–Crippen LogP) is 2.73. The minimum absolute atomic E-state index is 0.0499. The molecule has 1 saturated carbocycles. The number of aromatic nitrogens is 1. The number of rotatable bonds is 8. The molecule has 206 valence electrons. The molecule has 1 aromatic heterocycles. The molecule has 1 saturated heterocycles. The van der Waals surface area contributed by atoms with E-state index < -0.39 is 33.6 Å². The molecule has 2 fully saturated rings. The van der Waals surface area contributed by atoms with Gasteiger partial charge in [0.25, 0.3) is 5.91 Å². The monoisotopic (exact) mass is 553 g/mol. The quantitative estimate of drug-likeness (QED) is 0.463. The van der Waals surface area contributed by atoms with Gasteiger partial charge in [-0.2, -0.15) is 13.2 Å². The Bertz CT molecular complexity index is 1270. The summed E-state index contributed by atoms with van der Waals surface area (Å²) in [5.74, 6) is -0.568. The first kappa shape index (κ1) is 27.8. The molecule has 2 aromatic rings. The predicted molar refractivity (Wildman–Crippen MR) is 135 cm³/mol. The Balaban J connectivity index is 1.17. The lowest BCUT2D eigenvalue weighted by molar-refractivity contribution is -0.137. The zero-order valence-electron chi connectivity index (χ0n) is 20.8. The van der Waals surface area contributed by atoms with Gasteiger partial charge < -0.3 is 10.6 Å². The molecular formula is C25H30F3N5O4S. The molecule has 9 nitrogen and oxygen atoms in total. The topological polar surface area (TPSA) is 121 Å². The van der Waals surface area contributed by atoms with Gasteiger partial charge in [0.15, 0.2) is 0 Å². The Kier molecular flexibility index (Phi) is 8.26. The number of carbonyl (C=O) groups excluding carboxylic acids is 2. The zero-order valence-corrected chi connectivity index (χ0v) is 21.6. The van der Waals surface area contributed by atoms with Crippen molar-refractivity contribution in [2.45, 2.75) is 49.9 Å². The number of likely N-dealkylation sites (tertiary alicyclic amines) is 1. The molecule has 13 heteroatoms. The smallest absolute Gasteiger partial charge is 0.349 e. The van der Waals surface area contributed by atoms with Gasteiger partial charge in [0, 0.05) is 36.3 Å². The lowest BCUT2D eigenvalue weighted by Crippen LogP contribution is -2.63. The van der Waals surface area contributed by atoms with Crippen LogP contribution < -0.4 is 15.4 Å². The number of anilines is 1. The van der Waals surface area contributed by atoms with E-state index in [9.17, 15) is 31.2 Å². The largest absolute Gasteiger partial charge is 0.416 e. The van der Waals surface area contributed by atoms with E-state index in [1.165, 1.54) is 6.07 Å². The Hall–Kier alpha value is -3.19. The molecule has 1 aliphatic heterocycles. The standard InChI is InChI=1S/C25H30F3N5O4S/c1-38(36,37)32-22-7-3-6-21(31-22)16-8-10-20(11-9-16)33-14-19(15-33)30-23(34)13-29-24(35)17-4-2-5-18(12-17)25(26,27)28/h2-7,12,16,19-20H,8-11,13-15H2,1H3,(H,29,35)(H,30,34)(H,31,32)/t16-,20+. The third-order valence-electron chi connectivity index (χ3n) is 6.83. The number of hydrogen-bond donors (Lipinski definition) is 3. The van der Waals surface area contributed by atoms with E-state index in [1.54, 1.807) is 12.1 Å². The minimum atomic E-state index is -4.55. The molecule has 2 amide bonds. The Morgan fingerprint density at radius 3 is 2.39 bits per heavy atom. The summed E-state index contributed by atoms with van der Waals surface area (Å²) in [6, 6.07) is 9.73. The molecule has 0 radical (unpaired) electrons. The Morgan fingerprint density at radius 1 is 1.05 bits per heavy atom. The van der Waals surface area contributed by atoms with Gasteiger partial charge in [-0.25, -0.2) is 13.4 Å². The highest BCUT2D eigenvalue weighted by atomic mass is 32.2. The highest BCUT2D eigenvalue weighted by molar-refractivity contribution is 7.92. The van der Waals surface area contributed by atoms with E-state index >= 15 is 0 Å². The Morgan fingerprint density at radius 2 is 1.74 bits per heavy atom. The second kappa shape index (κ2) is 11.3. The van der Waals surface area contributed by atoms with Crippen LogP contribution in [0, 0.1) is 0 Å². The maximum absolute atomic E-state index is 12.8. The summed E-state index contributed by atoms with van der Waals surface area (Å²) in [6.45, 7) is 1.06. The molecule has 2 aliphatic rings. The van der Waals surface area contributed by atoms with Gasteiger partial charge in [-0.15, -0.1) is 0 Å². The lowest BCUT2D eigenvalue weighted by atomic mass is 9.82. The molecule has 1 aromatic carbocycles. The van der Waals surface area contributed by atoms with Crippen molar-refractivity contribution >= 4 is 27.7 Å². The fourth-order valence-corrected chi connectivity index (χ4v) is 5.44. The third-order valence-corrected chi connectivity index (χ3v) is 7.41. The summed E-state index contributed by atoms with van der Waals surface area (Å²) >= 11 is 0. The van der Waals surface area contributed by atoms with E-state index in [0.717, 1.165) is 55.8 Å². The van der Waals surface area contributed by atoms with Gasteiger partial charge in [-0.1, -0.05) is 12.1 Å². The summed E-state index contributed by atoms with van der Waals surface area (Å²) in [7, 11) is -3.39. The summed E-state index contributed by atoms with van der Waals surface area (Å²) < 4.78 is 63.9. The number of amides is 2. The van der Waals surface area contributed by atoms with Gasteiger partial charge in [0.2, 0.25) is 15.9 Å². The molecule has 0 atom stereocenters. The highest BCUT2D eigenvalue weighted by Crippen LogP contribution is 2.35. The van der Waals surface area contributed by atoms with Crippen LogP contribution in [0.5, 0.6) is 0 Å². The van der Waals surface area contributed by atoms with Gasteiger partial charge in [-0.05, 0) is 56.0 Å². The second-order valence-electron chi connectivity index (χ2n) is 9.81. The van der Waals surface area contributed by atoms with Crippen molar-refractivity contribution in [3.63, 3.8) is 0 Å². The molecule has 3 N–H and O–H groups in total. The van der Waals surface area contributed by atoms with Crippen LogP contribution in [0.2, 0.25) is 0 Å². The van der Waals surface area contributed by atoms with Crippen molar-refractivity contribution < 1.29 is 31.2 Å². The SMILES string of the molecule is CS(=O)(=O)Nc1cccc([C@H]2CC[C@@H](N3CC(NC(=O)CNC(=O)c4cccc(C(F)(F)F)c4)C3)CC2)n1. The number of alkyl halides is 3. The van der Waals surface area contributed by atoms with E-state index in [-0.39, 0.29) is 24.1 Å². The summed E-state index contributed by atoms with van der Waals surface area (Å²) in [5, 5.41) is 5.21. The van der Waals surface area contributed by atoms with Crippen molar-refractivity contribution in [1.82, 2.24) is 20.5 Å². The van der Waals surface area contributed by atoms with Crippen LogP contribution in [-0.2, 0) is 21.0 Å². The van der Waals surface area contributed by atoms with Crippen molar-refractivity contribution in [3.05, 3.63) is 59.3 Å². The number of hydrogen-bond acceptors (Lipinski definition) is 6. The molecule has 0 spiro atoms. The molecule has 1 aliphatic carbocycles. The van der Waals surface area contributed by atoms with Crippen LogP contribution in [0.25, 0.3) is 0 Å². The fraction of sp³-hybridized carbons (Fsp3) is 0.480. The summed E-state index contributed by atoms with van der Waals surface area (Å²) in [5.41, 5.74) is -0.211. The summed E-state index contributed by atoms with van der Waals surface area (Å²) in [6.07, 6.45) is 0.312. The van der Waals surface area contributed by atoms with Crippen molar-refractivity contribution in [1.29, 1.82) is 0 Å². The lowest BCUT2D eigenvalue weighted by Gasteiger charge is -2.46. The van der Waals surface area contributed by atoms with Gasteiger partial charge >= 0.3 is 6.18 Å². The normalized spacial score (nSPS) is 20.8. The van der Waals surface area contributed by atoms with E-state index in [1.807, 2.05) is 6.07 Å². The summed E-state index contributed by atoms with van der Waals surface area (Å²) in [4.78, 5) is 31.2. The average molecular weight is 554 g/mol. The first-order valence-corrected chi connectivity index (χ1v) is 14.2. The van der Waals surface area contributed by atoms with Crippen molar-refractivity contribution in [2.75, 3.05) is 30.6 Å². The number of nitrogens with zero attached hydrogens (tertiary/aromatic N) is 2. The second-order valence-corrected chi connectivity index (χ2v) is 11.6. The van der Waals surface area contributed by atoms with Gasteiger partial charge in [0.1, 0.15) is 5.82 Å². The first-order chi connectivity index (χ1) is 17.9. The highest BCUT2D eigenvalue weighted by Gasteiger charge is 2.36. The van der Waals surface area contributed by atoms with Crippen LogP contribution in [0.4, 0.5) is 19.0 Å². The number of carbonyl (C=O) groups is 2. The zero-order chi connectivity index (χ0) is 27.5. The minimum Gasteiger partial charge on any atom is -0.349 e. The number of sulfonamides is 1. The Labute approximate surface area is 219 Å². The molecule has 2 heterocycles. The van der Waals surface area contributed by atoms with Gasteiger partial charge in [-0.3, -0.25) is 19.2 Å². The van der Waals surface area contributed by atoms with Crippen LogP contribution in [0.1, 0.15) is 53.2 Å². The number of pyridine rings is 1. The third kappa shape index (κ3) is 7.44. The van der Waals surface area contributed by atoms with Crippen LogP contribution in [-0.4, -0.2) is 68.1 Å². The van der Waals surface area contributed by atoms with Crippen molar-refractivity contribution in [3.8, 4) is 0 Å². The molecule has 0 bridgehead atoms. The van der Waals surface area contributed by atoms with Crippen LogP contribution >= 0.6 is 0 Å². The maximum Gasteiger partial charge on any atom is 0.416 e. The molecule has 38 heavy (non-hydrogen) atoms. The van der Waals surface area contributed by atoms with E-state index in [4.69, 9.17) is 0 Å². The molecule has 0 unspecified atom stereocenters. The van der Waals surface area contributed by atoms with Gasteiger partial charge in [0.05, 0.1) is 24.4 Å².